The SMILES string of the molecule is CCOC(=O)[C@H]1CCCN(CCC(=O)Nc2ccccc2C(=O)c2ccccc2)C1. The maximum absolute atomic E-state index is 12.8. The molecule has 0 spiro atoms. The molecule has 1 aliphatic heterocycles. The van der Waals surface area contributed by atoms with Crippen LogP contribution < -0.4 is 5.32 Å². The number of rotatable bonds is 8. The molecule has 158 valence electrons. The van der Waals surface area contributed by atoms with Crippen molar-refractivity contribution in [3.8, 4) is 0 Å². The molecule has 6 heteroatoms. The van der Waals surface area contributed by atoms with Crippen molar-refractivity contribution in [2.75, 3.05) is 31.6 Å². The van der Waals surface area contributed by atoms with E-state index in [2.05, 4.69) is 10.2 Å². The first kappa shape index (κ1) is 21.7. The molecule has 1 heterocycles. The Morgan fingerprint density at radius 3 is 2.57 bits per heavy atom. The molecule has 2 aromatic rings. The first-order valence-electron chi connectivity index (χ1n) is 10.5. The first-order chi connectivity index (χ1) is 14.6. The van der Waals surface area contributed by atoms with E-state index in [1.807, 2.05) is 25.1 Å². The number of likely N-dealkylation sites (tertiary alicyclic amines) is 1. The second-order valence-corrected chi connectivity index (χ2v) is 7.43. The Hall–Kier alpha value is -2.99. The van der Waals surface area contributed by atoms with Crippen molar-refractivity contribution in [1.29, 1.82) is 0 Å². The summed E-state index contributed by atoms with van der Waals surface area (Å²) in [5.41, 5.74) is 1.56. The van der Waals surface area contributed by atoms with Gasteiger partial charge in [0.05, 0.1) is 18.2 Å². The van der Waals surface area contributed by atoms with Crippen LogP contribution in [0.4, 0.5) is 5.69 Å². The zero-order valence-corrected chi connectivity index (χ0v) is 17.3. The van der Waals surface area contributed by atoms with E-state index in [4.69, 9.17) is 4.74 Å². The van der Waals surface area contributed by atoms with Crippen molar-refractivity contribution in [2.45, 2.75) is 26.2 Å². The van der Waals surface area contributed by atoms with Crippen LogP contribution in [0.25, 0.3) is 0 Å². The molecule has 3 rings (SSSR count). The molecule has 1 fully saturated rings. The highest BCUT2D eigenvalue weighted by Gasteiger charge is 2.27. The Morgan fingerprint density at radius 1 is 1.07 bits per heavy atom. The molecule has 0 radical (unpaired) electrons. The summed E-state index contributed by atoms with van der Waals surface area (Å²) in [5, 5.41) is 2.88. The molecule has 0 aromatic heterocycles. The van der Waals surface area contributed by atoms with Crippen LogP contribution in [-0.4, -0.2) is 48.8 Å². The maximum atomic E-state index is 12.8. The largest absolute Gasteiger partial charge is 0.466 e. The predicted molar refractivity (Wildman–Crippen MR) is 115 cm³/mol. The number of benzene rings is 2. The van der Waals surface area contributed by atoms with E-state index in [-0.39, 0.29) is 23.6 Å². The number of hydrogen-bond donors (Lipinski definition) is 1. The summed E-state index contributed by atoms with van der Waals surface area (Å²) in [7, 11) is 0. The number of nitrogens with zero attached hydrogens (tertiary/aromatic N) is 1. The van der Waals surface area contributed by atoms with Crippen molar-refractivity contribution >= 4 is 23.3 Å². The maximum Gasteiger partial charge on any atom is 0.310 e. The Balaban J connectivity index is 1.57. The molecule has 0 saturated carbocycles. The number of ether oxygens (including phenoxy) is 1. The minimum absolute atomic E-state index is 0.119. The molecule has 0 unspecified atom stereocenters. The van der Waals surface area contributed by atoms with Gasteiger partial charge in [-0.15, -0.1) is 0 Å². The molecule has 1 aliphatic rings. The highest BCUT2D eigenvalue weighted by Crippen LogP contribution is 2.21. The van der Waals surface area contributed by atoms with Crippen LogP contribution >= 0.6 is 0 Å². The molecule has 1 amide bonds. The van der Waals surface area contributed by atoms with Crippen LogP contribution in [0.5, 0.6) is 0 Å². The number of nitrogens with one attached hydrogen (secondary N) is 1. The van der Waals surface area contributed by atoms with Crippen LogP contribution in [0.15, 0.2) is 54.6 Å². The molecular weight excluding hydrogens is 380 g/mol. The van der Waals surface area contributed by atoms with Crippen LogP contribution in [0.3, 0.4) is 0 Å². The third-order valence-corrected chi connectivity index (χ3v) is 5.26. The quantitative estimate of drug-likeness (QED) is 0.534. The Morgan fingerprint density at radius 2 is 1.80 bits per heavy atom. The highest BCUT2D eigenvalue weighted by molar-refractivity contribution is 6.13. The van der Waals surface area contributed by atoms with E-state index >= 15 is 0 Å². The van der Waals surface area contributed by atoms with Crippen LogP contribution in [0, 0.1) is 5.92 Å². The van der Waals surface area contributed by atoms with Crippen molar-refractivity contribution in [2.24, 2.45) is 5.92 Å². The lowest BCUT2D eigenvalue weighted by Crippen LogP contribution is -2.40. The van der Waals surface area contributed by atoms with Crippen molar-refractivity contribution in [1.82, 2.24) is 4.90 Å². The van der Waals surface area contributed by atoms with Gasteiger partial charge in [0.25, 0.3) is 0 Å². The summed E-state index contributed by atoms with van der Waals surface area (Å²) in [6.07, 6.45) is 2.04. The van der Waals surface area contributed by atoms with Crippen LogP contribution in [0.2, 0.25) is 0 Å². The topological polar surface area (TPSA) is 75.7 Å². The van der Waals surface area contributed by atoms with Gasteiger partial charge in [0.15, 0.2) is 5.78 Å². The van der Waals surface area contributed by atoms with Crippen molar-refractivity contribution < 1.29 is 19.1 Å². The number of esters is 1. The molecule has 6 nitrogen and oxygen atoms in total. The summed E-state index contributed by atoms with van der Waals surface area (Å²) in [5.74, 6) is -0.549. The zero-order valence-electron chi connectivity index (χ0n) is 17.3. The van der Waals surface area contributed by atoms with E-state index in [0.29, 0.717) is 42.9 Å². The van der Waals surface area contributed by atoms with Gasteiger partial charge >= 0.3 is 5.97 Å². The van der Waals surface area contributed by atoms with Gasteiger partial charge < -0.3 is 15.0 Å². The third kappa shape index (κ3) is 5.76. The lowest BCUT2D eigenvalue weighted by atomic mass is 9.98. The van der Waals surface area contributed by atoms with E-state index < -0.39 is 0 Å². The molecule has 1 atom stereocenters. The number of piperidine rings is 1. The average Bonchev–Trinajstić information content (AvgIpc) is 2.78. The van der Waals surface area contributed by atoms with Gasteiger partial charge in [0.1, 0.15) is 0 Å². The van der Waals surface area contributed by atoms with E-state index in [9.17, 15) is 14.4 Å². The van der Waals surface area contributed by atoms with Gasteiger partial charge in [-0.25, -0.2) is 0 Å². The smallest absolute Gasteiger partial charge is 0.310 e. The van der Waals surface area contributed by atoms with Gasteiger partial charge in [0.2, 0.25) is 5.91 Å². The molecular formula is C24H28N2O4. The van der Waals surface area contributed by atoms with Gasteiger partial charge in [-0.2, -0.15) is 0 Å². The van der Waals surface area contributed by atoms with Gasteiger partial charge in [-0.1, -0.05) is 42.5 Å². The first-order valence-corrected chi connectivity index (χ1v) is 10.5. The zero-order chi connectivity index (χ0) is 21.3. The summed E-state index contributed by atoms with van der Waals surface area (Å²) < 4.78 is 5.13. The fourth-order valence-electron chi connectivity index (χ4n) is 3.72. The molecule has 0 aliphatic carbocycles. The summed E-state index contributed by atoms with van der Waals surface area (Å²) in [6, 6.07) is 16.1. The average molecular weight is 408 g/mol. The molecule has 0 bridgehead atoms. The highest BCUT2D eigenvalue weighted by atomic mass is 16.5. The number of para-hydroxylation sites is 1. The molecule has 1 N–H and O–H groups in total. The minimum atomic E-state index is -0.153. The van der Waals surface area contributed by atoms with E-state index in [1.54, 1.807) is 36.4 Å². The van der Waals surface area contributed by atoms with E-state index in [0.717, 1.165) is 19.4 Å². The Kier molecular flexibility index (Phi) is 7.74. The van der Waals surface area contributed by atoms with Gasteiger partial charge in [0, 0.05) is 30.6 Å². The Bertz CT molecular complexity index is 882. The standard InChI is InChI=1S/C24H28N2O4/c1-2-30-24(29)19-11-8-15-26(17-19)16-14-22(27)25-21-13-7-6-12-20(21)23(28)18-9-4-3-5-10-18/h3-7,9-10,12-13,19H,2,8,11,14-17H2,1H3,(H,25,27)/t19-/m0/s1. The van der Waals surface area contributed by atoms with Crippen molar-refractivity contribution in [3.63, 3.8) is 0 Å². The third-order valence-electron chi connectivity index (χ3n) is 5.26. The summed E-state index contributed by atoms with van der Waals surface area (Å²) >= 11 is 0. The number of carbonyl (C=O) groups is 3. The Labute approximate surface area is 177 Å². The number of amides is 1. The van der Waals surface area contributed by atoms with Gasteiger partial charge in [-0.05, 0) is 38.4 Å². The molecule has 30 heavy (non-hydrogen) atoms. The fraction of sp³-hybridized carbons (Fsp3) is 0.375. The predicted octanol–water partition coefficient (Wildman–Crippen LogP) is 3.52. The number of ketones is 1. The second kappa shape index (κ2) is 10.7. The summed E-state index contributed by atoms with van der Waals surface area (Å²) in [4.78, 5) is 39.5. The van der Waals surface area contributed by atoms with Gasteiger partial charge in [-0.3, -0.25) is 14.4 Å². The molecule has 1 saturated heterocycles. The fourth-order valence-corrected chi connectivity index (χ4v) is 3.72. The summed E-state index contributed by atoms with van der Waals surface area (Å²) in [6.45, 7) is 4.25. The second-order valence-electron chi connectivity index (χ2n) is 7.43. The normalized spacial score (nSPS) is 16.6. The van der Waals surface area contributed by atoms with Crippen LogP contribution in [0.1, 0.15) is 42.1 Å². The number of hydrogen-bond acceptors (Lipinski definition) is 5. The van der Waals surface area contributed by atoms with Crippen LogP contribution in [-0.2, 0) is 14.3 Å². The van der Waals surface area contributed by atoms with E-state index in [1.165, 1.54) is 0 Å². The monoisotopic (exact) mass is 408 g/mol. The lowest BCUT2D eigenvalue weighted by molar-refractivity contribution is -0.149. The minimum Gasteiger partial charge on any atom is -0.466 e. The number of carbonyl (C=O) groups excluding carboxylic acids is 3. The molecule has 2 aromatic carbocycles. The number of anilines is 1. The lowest BCUT2D eigenvalue weighted by Gasteiger charge is -2.31. The van der Waals surface area contributed by atoms with Crippen molar-refractivity contribution in [3.05, 3.63) is 65.7 Å².